The zero-order valence-corrected chi connectivity index (χ0v) is 15.4. The fraction of sp³-hybridized carbons (Fsp3) is 0.476. The van der Waals surface area contributed by atoms with Crippen molar-refractivity contribution >= 4 is 11.6 Å². The molecule has 136 valence electrons. The normalized spacial score (nSPS) is 20.7. The molecule has 2 fully saturated rings. The van der Waals surface area contributed by atoms with E-state index in [2.05, 4.69) is 19.8 Å². The number of fused-ring (bicyclic) bond motifs is 1. The maximum atomic E-state index is 11.2. The van der Waals surface area contributed by atoms with Crippen molar-refractivity contribution < 1.29 is 4.79 Å². The van der Waals surface area contributed by atoms with E-state index in [0.717, 1.165) is 42.3 Å². The zero-order valence-electron chi connectivity index (χ0n) is 15.4. The Morgan fingerprint density at radius 1 is 1.08 bits per heavy atom. The predicted molar refractivity (Wildman–Crippen MR) is 103 cm³/mol. The summed E-state index contributed by atoms with van der Waals surface area (Å²) < 4.78 is 0. The van der Waals surface area contributed by atoms with Crippen LogP contribution in [0.25, 0.3) is 11.3 Å². The van der Waals surface area contributed by atoms with Crippen LogP contribution in [0.4, 0.5) is 5.82 Å². The third-order valence-corrected chi connectivity index (χ3v) is 5.50. The Bertz CT molecular complexity index is 757. The second-order valence-electron chi connectivity index (χ2n) is 7.47. The third-order valence-electron chi connectivity index (χ3n) is 5.50. The van der Waals surface area contributed by atoms with Crippen molar-refractivity contribution in [1.29, 1.82) is 0 Å². The minimum Gasteiger partial charge on any atom is -0.352 e. The molecule has 0 bridgehead atoms. The minimum absolute atomic E-state index is 0.181. The Morgan fingerprint density at radius 3 is 2.65 bits per heavy atom. The first-order chi connectivity index (χ1) is 12.7. The molecule has 5 heteroatoms. The molecule has 0 radical (unpaired) electrons. The van der Waals surface area contributed by atoms with Crippen molar-refractivity contribution in [2.75, 3.05) is 31.1 Å². The molecule has 2 aromatic rings. The molecule has 1 atom stereocenters. The maximum Gasteiger partial charge on any atom is 0.147 e. The molecule has 26 heavy (non-hydrogen) atoms. The first-order valence-electron chi connectivity index (χ1n) is 9.59. The number of piperazine rings is 1. The molecule has 2 saturated heterocycles. The Balaban J connectivity index is 1.44. The van der Waals surface area contributed by atoms with Gasteiger partial charge in [-0.3, -0.25) is 14.7 Å². The molecule has 1 aromatic heterocycles. The zero-order chi connectivity index (χ0) is 17.9. The van der Waals surface area contributed by atoms with Crippen LogP contribution in [0.15, 0.2) is 36.7 Å². The number of Topliss-reactive ketones (excluding diaryl/α,β-unsaturated/α-hetero) is 1. The van der Waals surface area contributed by atoms with E-state index in [1.165, 1.54) is 25.8 Å². The molecule has 1 unspecified atom stereocenters. The lowest BCUT2D eigenvalue weighted by atomic mass is 9.99. The van der Waals surface area contributed by atoms with E-state index in [1.54, 1.807) is 6.92 Å². The summed E-state index contributed by atoms with van der Waals surface area (Å²) in [5, 5.41) is 0. The van der Waals surface area contributed by atoms with Gasteiger partial charge in [0.1, 0.15) is 11.6 Å². The second-order valence-corrected chi connectivity index (χ2v) is 7.47. The van der Waals surface area contributed by atoms with Gasteiger partial charge in [0.25, 0.3) is 0 Å². The molecule has 1 aromatic carbocycles. The number of aromatic nitrogens is 2. The summed E-state index contributed by atoms with van der Waals surface area (Å²) in [7, 11) is 0. The molecule has 0 aliphatic carbocycles. The van der Waals surface area contributed by atoms with E-state index in [9.17, 15) is 4.79 Å². The minimum atomic E-state index is 0.181. The number of carbonyl (C=O) groups excluding carboxylic acids is 1. The molecule has 5 nitrogen and oxygen atoms in total. The lowest BCUT2D eigenvalue weighted by Gasteiger charge is -2.44. The number of ketones is 1. The van der Waals surface area contributed by atoms with Gasteiger partial charge in [-0.15, -0.1) is 0 Å². The first-order valence-corrected chi connectivity index (χ1v) is 9.59. The van der Waals surface area contributed by atoms with E-state index in [1.807, 2.05) is 36.7 Å². The van der Waals surface area contributed by atoms with E-state index < -0.39 is 0 Å². The molecule has 4 rings (SSSR count). The number of carbonyl (C=O) groups is 1. The number of benzene rings is 1. The monoisotopic (exact) mass is 350 g/mol. The molecule has 0 amide bonds. The van der Waals surface area contributed by atoms with Gasteiger partial charge in [0.15, 0.2) is 0 Å². The average molecular weight is 350 g/mol. The summed E-state index contributed by atoms with van der Waals surface area (Å²) in [6.07, 6.45) is 8.24. The average Bonchev–Trinajstić information content (AvgIpc) is 2.68. The summed E-state index contributed by atoms with van der Waals surface area (Å²) in [5.74, 6) is 1.16. The van der Waals surface area contributed by atoms with Crippen molar-refractivity contribution in [2.24, 2.45) is 0 Å². The largest absolute Gasteiger partial charge is 0.352 e. The number of nitrogens with zero attached hydrogens (tertiary/aromatic N) is 4. The fourth-order valence-corrected chi connectivity index (χ4v) is 4.08. The van der Waals surface area contributed by atoms with Gasteiger partial charge >= 0.3 is 0 Å². The van der Waals surface area contributed by atoms with Gasteiger partial charge in [-0.25, -0.2) is 4.98 Å². The second kappa shape index (κ2) is 7.54. The van der Waals surface area contributed by atoms with E-state index in [0.29, 0.717) is 12.5 Å². The van der Waals surface area contributed by atoms with Crippen molar-refractivity contribution in [2.45, 2.75) is 38.6 Å². The number of hydrogen-bond donors (Lipinski definition) is 0. The summed E-state index contributed by atoms with van der Waals surface area (Å²) >= 11 is 0. The molecule has 0 N–H and O–H groups in total. The van der Waals surface area contributed by atoms with Gasteiger partial charge in [0.05, 0.1) is 18.1 Å². The van der Waals surface area contributed by atoms with Gasteiger partial charge in [-0.2, -0.15) is 0 Å². The molecule has 2 aliphatic heterocycles. The van der Waals surface area contributed by atoms with Gasteiger partial charge < -0.3 is 4.90 Å². The van der Waals surface area contributed by atoms with Crippen molar-refractivity contribution in [3.63, 3.8) is 0 Å². The number of anilines is 1. The van der Waals surface area contributed by atoms with Crippen molar-refractivity contribution in [1.82, 2.24) is 14.9 Å². The summed E-state index contributed by atoms with van der Waals surface area (Å²) in [5.41, 5.74) is 2.95. The Hall–Kier alpha value is -2.27. The Morgan fingerprint density at radius 2 is 1.92 bits per heavy atom. The van der Waals surface area contributed by atoms with Crippen LogP contribution in [-0.4, -0.2) is 52.9 Å². The SMILES string of the molecule is CC(=O)Cc1ccc(-c2cnc(N3CCN4CCCCC4C3)cn2)cc1. The molecule has 2 aliphatic rings. The highest BCUT2D eigenvalue weighted by Gasteiger charge is 2.29. The van der Waals surface area contributed by atoms with Gasteiger partial charge in [0, 0.05) is 37.7 Å². The van der Waals surface area contributed by atoms with Crippen LogP contribution < -0.4 is 4.90 Å². The number of hydrogen-bond acceptors (Lipinski definition) is 5. The summed E-state index contributed by atoms with van der Waals surface area (Å²) in [4.78, 5) is 25.5. The van der Waals surface area contributed by atoms with Crippen LogP contribution in [0.5, 0.6) is 0 Å². The van der Waals surface area contributed by atoms with Gasteiger partial charge in [-0.1, -0.05) is 30.7 Å². The highest BCUT2D eigenvalue weighted by molar-refractivity contribution is 5.78. The number of piperidine rings is 1. The molecular weight excluding hydrogens is 324 g/mol. The topological polar surface area (TPSA) is 49.3 Å². The Kier molecular flexibility index (Phi) is 4.98. The molecule has 0 saturated carbocycles. The van der Waals surface area contributed by atoms with E-state index in [-0.39, 0.29) is 5.78 Å². The van der Waals surface area contributed by atoms with E-state index in [4.69, 9.17) is 0 Å². The van der Waals surface area contributed by atoms with Crippen LogP contribution in [0.3, 0.4) is 0 Å². The highest BCUT2D eigenvalue weighted by atomic mass is 16.1. The molecular formula is C21H26N4O. The third kappa shape index (κ3) is 3.78. The smallest absolute Gasteiger partial charge is 0.147 e. The van der Waals surface area contributed by atoms with Crippen LogP contribution in [0, 0.1) is 0 Å². The van der Waals surface area contributed by atoms with Crippen LogP contribution in [-0.2, 0) is 11.2 Å². The first kappa shape index (κ1) is 17.2. The van der Waals surface area contributed by atoms with Crippen molar-refractivity contribution in [3.8, 4) is 11.3 Å². The standard InChI is InChI=1S/C21H26N4O/c1-16(26)12-17-5-7-18(8-6-17)20-13-23-21(14-22-20)25-11-10-24-9-3-2-4-19(24)15-25/h5-8,13-14,19H,2-4,9-12,15H2,1H3. The molecule has 3 heterocycles. The van der Waals surface area contributed by atoms with Crippen LogP contribution in [0.2, 0.25) is 0 Å². The lowest BCUT2D eigenvalue weighted by molar-refractivity contribution is -0.116. The quantitative estimate of drug-likeness (QED) is 0.848. The van der Waals surface area contributed by atoms with Gasteiger partial charge in [0.2, 0.25) is 0 Å². The predicted octanol–water partition coefficient (Wildman–Crippen LogP) is 2.95. The lowest BCUT2D eigenvalue weighted by Crippen LogP contribution is -2.55. The van der Waals surface area contributed by atoms with Gasteiger partial charge in [-0.05, 0) is 31.9 Å². The highest BCUT2D eigenvalue weighted by Crippen LogP contribution is 2.24. The summed E-state index contributed by atoms with van der Waals surface area (Å²) in [6, 6.07) is 8.70. The summed E-state index contributed by atoms with van der Waals surface area (Å²) in [6.45, 7) is 6.09. The van der Waals surface area contributed by atoms with Crippen LogP contribution >= 0.6 is 0 Å². The van der Waals surface area contributed by atoms with Crippen molar-refractivity contribution in [3.05, 3.63) is 42.2 Å². The maximum absolute atomic E-state index is 11.2. The number of rotatable bonds is 4. The van der Waals surface area contributed by atoms with Crippen LogP contribution in [0.1, 0.15) is 31.7 Å². The fourth-order valence-electron chi connectivity index (χ4n) is 4.08. The van der Waals surface area contributed by atoms with E-state index >= 15 is 0 Å². The molecule has 0 spiro atoms. The Labute approximate surface area is 155 Å².